The fourth-order valence-electron chi connectivity index (χ4n) is 8.51. The monoisotopic (exact) mass is 684 g/mol. The van der Waals surface area contributed by atoms with Gasteiger partial charge in [0.15, 0.2) is 0 Å². The first-order chi connectivity index (χ1) is 25.6. The summed E-state index contributed by atoms with van der Waals surface area (Å²) in [5.41, 5.74) is 7.47. The first-order valence-corrected chi connectivity index (χ1v) is 18.9. The van der Waals surface area contributed by atoms with E-state index >= 15 is 0 Å². The van der Waals surface area contributed by atoms with Gasteiger partial charge in [-0.15, -0.1) is 0 Å². The van der Waals surface area contributed by atoms with Crippen LogP contribution < -0.4 is 0 Å². The minimum absolute atomic E-state index is 0.281. The molecule has 4 nitrogen and oxygen atoms in total. The Balaban J connectivity index is 1.31. The zero-order valence-electron chi connectivity index (χ0n) is 27.8. The van der Waals surface area contributed by atoms with E-state index in [1.807, 2.05) is 22.8 Å². The topological polar surface area (TPSA) is 52.0 Å². The number of fused-ring (bicyclic) bond motifs is 6. The number of imidazole rings is 1. The summed E-state index contributed by atoms with van der Waals surface area (Å²) in [6.07, 6.45) is 0. The number of aromatic nitrogens is 2. The molecule has 0 bridgehead atoms. The van der Waals surface area contributed by atoms with Crippen LogP contribution in [0.25, 0.3) is 93.5 Å². The summed E-state index contributed by atoms with van der Waals surface area (Å²) in [4.78, 5) is 5.73. The molecule has 2 heterocycles. The molecule has 0 N–H and O–H groups in total. The summed E-state index contributed by atoms with van der Waals surface area (Å²) in [6, 6.07) is 58.3. The molecule has 0 fully saturated rings. The first-order valence-electron chi connectivity index (χ1n) is 17.4. The van der Waals surface area contributed by atoms with Crippen LogP contribution in [0.1, 0.15) is 0 Å². The molecule has 10 aromatic rings. The third kappa shape index (κ3) is 3.97. The van der Waals surface area contributed by atoms with E-state index in [4.69, 9.17) is 4.98 Å². The molecule has 0 amide bonds. The van der Waals surface area contributed by atoms with E-state index in [1.165, 1.54) is 43.4 Å². The summed E-state index contributed by atoms with van der Waals surface area (Å²) in [5, 5.41) is 9.36. The third-order valence-electron chi connectivity index (χ3n) is 10.7. The molecule has 0 spiro atoms. The highest BCUT2D eigenvalue weighted by atomic mass is 32.2. The number of benzene rings is 9. The number of rotatable bonds is 3. The average Bonchev–Trinajstić information content (AvgIpc) is 3.59. The summed E-state index contributed by atoms with van der Waals surface area (Å²) < 4.78 is 29.8. The highest BCUT2D eigenvalue weighted by Gasteiger charge is 2.33. The Morgan fingerprint density at radius 2 is 0.962 bits per heavy atom. The molecule has 1 aromatic heterocycles. The van der Waals surface area contributed by atoms with Crippen LogP contribution in [-0.4, -0.2) is 18.0 Å². The lowest BCUT2D eigenvalue weighted by atomic mass is 9.83. The van der Waals surface area contributed by atoms with Gasteiger partial charge in [-0.2, -0.15) is 0 Å². The zero-order valence-corrected chi connectivity index (χ0v) is 28.6. The van der Waals surface area contributed by atoms with Crippen LogP contribution >= 0.6 is 0 Å². The van der Waals surface area contributed by atoms with Crippen LogP contribution in [0.3, 0.4) is 0 Å². The van der Waals surface area contributed by atoms with Crippen molar-refractivity contribution in [2.75, 3.05) is 0 Å². The van der Waals surface area contributed by atoms with E-state index in [0.29, 0.717) is 22.5 Å². The molecule has 0 saturated carbocycles. The Hall–Kier alpha value is -6.56. The fourth-order valence-corrected chi connectivity index (χ4v) is 10.2. The van der Waals surface area contributed by atoms with E-state index in [2.05, 4.69) is 127 Å². The molecule has 9 aromatic carbocycles. The Kier molecular flexibility index (Phi) is 6.02. The van der Waals surface area contributed by atoms with Gasteiger partial charge in [0, 0.05) is 5.56 Å². The van der Waals surface area contributed by atoms with Crippen molar-refractivity contribution in [3.63, 3.8) is 0 Å². The number of hydrogen-bond acceptors (Lipinski definition) is 3. The van der Waals surface area contributed by atoms with E-state index < -0.39 is 9.84 Å². The predicted molar refractivity (Wildman–Crippen MR) is 213 cm³/mol. The van der Waals surface area contributed by atoms with Crippen molar-refractivity contribution < 1.29 is 8.42 Å². The van der Waals surface area contributed by atoms with Crippen LogP contribution in [-0.2, 0) is 9.84 Å². The minimum atomic E-state index is -3.71. The van der Waals surface area contributed by atoms with Gasteiger partial charge in [-0.05, 0) is 95.7 Å². The van der Waals surface area contributed by atoms with Crippen molar-refractivity contribution in [1.82, 2.24) is 9.55 Å². The van der Waals surface area contributed by atoms with E-state index in [1.54, 1.807) is 24.3 Å². The Bertz CT molecular complexity index is 3260. The van der Waals surface area contributed by atoms with Crippen molar-refractivity contribution in [3.05, 3.63) is 170 Å². The zero-order chi connectivity index (χ0) is 34.6. The lowest BCUT2D eigenvalue weighted by molar-refractivity contribution is 0.594. The Morgan fingerprint density at radius 1 is 0.442 bits per heavy atom. The molecule has 0 aliphatic carbocycles. The maximum Gasteiger partial charge on any atom is 0.210 e. The van der Waals surface area contributed by atoms with Crippen molar-refractivity contribution in [1.29, 1.82) is 0 Å². The Labute approximate surface area is 299 Å². The van der Waals surface area contributed by atoms with Crippen LogP contribution in [0, 0.1) is 0 Å². The molecule has 0 radical (unpaired) electrons. The van der Waals surface area contributed by atoms with E-state index in [-0.39, 0.29) is 9.79 Å². The molecule has 1 aliphatic rings. The van der Waals surface area contributed by atoms with Crippen LogP contribution in [0.4, 0.5) is 0 Å². The predicted octanol–water partition coefficient (Wildman–Crippen LogP) is 11.8. The number of hydrogen-bond donors (Lipinski definition) is 0. The highest BCUT2D eigenvalue weighted by Crippen LogP contribution is 2.48. The van der Waals surface area contributed by atoms with Crippen molar-refractivity contribution >= 4 is 64.0 Å². The highest BCUT2D eigenvalue weighted by molar-refractivity contribution is 7.92. The third-order valence-corrected chi connectivity index (χ3v) is 12.6. The molecule has 0 unspecified atom stereocenters. The van der Waals surface area contributed by atoms with Crippen LogP contribution in [0.2, 0.25) is 0 Å². The van der Waals surface area contributed by atoms with Gasteiger partial charge in [-0.25, -0.2) is 13.4 Å². The summed E-state index contributed by atoms with van der Waals surface area (Å²) >= 11 is 0. The average molecular weight is 685 g/mol. The van der Waals surface area contributed by atoms with Gasteiger partial charge in [0.2, 0.25) is 9.84 Å². The Morgan fingerprint density at radius 3 is 1.65 bits per heavy atom. The lowest BCUT2D eigenvalue weighted by Gasteiger charge is -2.22. The second kappa shape index (κ2) is 10.7. The van der Waals surface area contributed by atoms with Crippen molar-refractivity contribution in [2.24, 2.45) is 0 Å². The van der Waals surface area contributed by atoms with Gasteiger partial charge in [0.05, 0.1) is 26.5 Å². The van der Waals surface area contributed by atoms with Crippen LogP contribution in [0.5, 0.6) is 0 Å². The normalized spacial score (nSPS) is 13.3. The maximum absolute atomic E-state index is 13.9. The molecular formula is C47H28N2O2S. The summed E-state index contributed by atoms with van der Waals surface area (Å²) in [5.74, 6) is 0.704. The number of para-hydroxylation sites is 2. The largest absolute Gasteiger partial charge is 0.290 e. The van der Waals surface area contributed by atoms with Crippen molar-refractivity contribution in [2.45, 2.75) is 9.79 Å². The molecule has 244 valence electrons. The summed E-state index contributed by atoms with van der Waals surface area (Å²) in [7, 11) is -3.71. The molecule has 5 heteroatoms. The second-order valence-corrected chi connectivity index (χ2v) is 15.4. The SMILES string of the molecule is O=S1(=O)c2ccccc2-n2c(-c3ccc4c(-c5cccc6ccccc56)c5ccccc5c(-c5cccc6ccccc56)c4c3)nc3cccc1c32. The number of nitrogens with zero attached hydrogens (tertiary/aromatic N) is 2. The molecule has 52 heavy (non-hydrogen) atoms. The molecule has 11 rings (SSSR count). The van der Waals surface area contributed by atoms with E-state index in [9.17, 15) is 8.42 Å². The molecule has 0 atom stereocenters. The maximum atomic E-state index is 13.9. The second-order valence-electron chi connectivity index (χ2n) is 13.5. The quantitative estimate of drug-likeness (QED) is 0.174. The smallest absolute Gasteiger partial charge is 0.210 e. The van der Waals surface area contributed by atoms with Gasteiger partial charge in [0.25, 0.3) is 0 Å². The molecule has 0 saturated heterocycles. The van der Waals surface area contributed by atoms with Gasteiger partial charge in [-0.3, -0.25) is 4.57 Å². The van der Waals surface area contributed by atoms with Crippen molar-refractivity contribution in [3.8, 4) is 39.3 Å². The first kappa shape index (κ1) is 29.2. The number of sulfone groups is 1. The molecular weight excluding hydrogens is 657 g/mol. The van der Waals surface area contributed by atoms with Gasteiger partial charge in [0.1, 0.15) is 5.82 Å². The van der Waals surface area contributed by atoms with E-state index in [0.717, 1.165) is 27.5 Å². The summed E-state index contributed by atoms with van der Waals surface area (Å²) in [6.45, 7) is 0. The van der Waals surface area contributed by atoms with Gasteiger partial charge < -0.3 is 0 Å². The lowest BCUT2D eigenvalue weighted by Crippen LogP contribution is -2.14. The standard InChI is InChI=1S/C47H28N2O2S/c50-52(51)42-24-8-7-23-41(42)49-46-40(22-11-25-43(46)52)48-47(49)31-26-27-38-39(28-31)45(35-21-10-15-30-13-2-4-17-33(30)35)37-19-6-5-18-36(37)44(38)34-20-9-14-29-12-1-3-16-32(29)34/h1-28H. The van der Waals surface area contributed by atoms with Gasteiger partial charge >= 0.3 is 0 Å². The molecule has 1 aliphatic heterocycles. The van der Waals surface area contributed by atoms with Crippen LogP contribution in [0.15, 0.2) is 180 Å². The minimum Gasteiger partial charge on any atom is -0.290 e. The van der Waals surface area contributed by atoms with Gasteiger partial charge in [-0.1, -0.05) is 140 Å². The fraction of sp³-hybridized carbons (Fsp3) is 0.